The van der Waals surface area contributed by atoms with Crippen molar-refractivity contribution < 1.29 is 19.6 Å². The lowest BCUT2D eigenvalue weighted by molar-refractivity contribution is -0.857. The van der Waals surface area contributed by atoms with Crippen molar-refractivity contribution in [3.63, 3.8) is 0 Å². The highest BCUT2D eigenvalue weighted by molar-refractivity contribution is 6.31. The van der Waals surface area contributed by atoms with Crippen molar-refractivity contribution >= 4 is 23.3 Å². The zero-order valence-electron chi connectivity index (χ0n) is 12.9. The first-order chi connectivity index (χ1) is 10.3. The molecule has 0 fully saturated rings. The van der Waals surface area contributed by atoms with Crippen LogP contribution < -0.4 is 4.90 Å². The number of carbonyl (C=O) groups is 2. The quantitative estimate of drug-likeness (QED) is 0.841. The molecule has 2 N–H and O–H groups in total. The summed E-state index contributed by atoms with van der Waals surface area (Å²) in [6.07, 6.45) is 0. The number of hydrogen-bond acceptors (Lipinski definition) is 3. The zero-order valence-corrected chi connectivity index (χ0v) is 13.6. The molecule has 1 amide bonds. The summed E-state index contributed by atoms with van der Waals surface area (Å²) in [4.78, 5) is 27.0. The Morgan fingerprint density at radius 2 is 2.00 bits per heavy atom. The molecule has 0 saturated carbocycles. The molecule has 118 valence electrons. The van der Waals surface area contributed by atoms with Gasteiger partial charge in [0.05, 0.1) is 38.8 Å². The van der Waals surface area contributed by atoms with Crippen LogP contribution in [0.3, 0.4) is 0 Å². The lowest BCUT2D eigenvalue weighted by Crippen LogP contribution is -3.06. The lowest BCUT2D eigenvalue weighted by atomic mass is 9.96. The lowest BCUT2D eigenvalue weighted by Gasteiger charge is -2.27. The van der Waals surface area contributed by atoms with E-state index in [9.17, 15) is 14.7 Å². The molecule has 1 aliphatic heterocycles. The van der Waals surface area contributed by atoms with E-state index in [1.165, 1.54) is 16.7 Å². The first kappa shape index (κ1) is 16.5. The van der Waals surface area contributed by atoms with Crippen LogP contribution >= 0.6 is 11.6 Å². The summed E-state index contributed by atoms with van der Waals surface area (Å²) in [7, 11) is 3.95. The molecular formula is C16H20ClN2O3+. The van der Waals surface area contributed by atoms with E-state index in [1.54, 1.807) is 24.3 Å². The fourth-order valence-corrected chi connectivity index (χ4v) is 2.85. The summed E-state index contributed by atoms with van der Waals surface area (Å²) in [5.74, 6) is -1.31. The van der Waals surface area contributed by atoms with Crippen molar-refractivity contribution in [2.75, 3.05) is 27.2 Å². The van der Waals surface area contributed by atoms with E-state index in [-0.39, 0.29) is 11.4 Å². The molecule has 5 nitrogen and oxygen atoms in total. The van der Waals surface area contributed by atoms with Crippen molar-refractivity contribution in [3.05, 3.63) is 46.2 Å². The molecule has 1 atom stereocenters. The van der Waals surface area contributed by atoms with Gasteiger partial charge in [-0.15, -0.1) is 0 Å². The number of Topliss-reactive ketones (excluding diaryl/α,β-unsaturated/α-hetero) is 1. The van der Waals surface area contributed by atoms with Gasteiger partial charge in [0.2, 0.25) is 0 Å². The van der Waals surface area contributed by atoms with Gasteiger partial charge in [-0.2, -0.15) is 0 Å². The highest BCUT2D eigenvalue weighted by Crippen LogP contribution is 2.39. The van der Waals surface area contributed by atoms with Crippen LogP contribution in [0.5, 0.6) is 0 Å². The van der Waals surface area contributed by atoms with Gasteiger partial charge in [-0.3, -0.25) is 9.59 Å². The number of ketones is 1. The summed E-state index contributed by atoms with van der Waals surface area (Å²) < 4.78 is 0. The highest BCUT2D eigenvalue weighted by Gasteiger charge is 2.43. The zero-order chi connectivity index (χ0) is 16.4. The van der Waals surface area contributed by atoms with Gasteiger partial charge in [-0.1, -0.05) is 29.8 Å². The van der Waals surface area contributed by atoms with Crippen molar-refractivity contribution in [1.29, 1.82) is 0 Å². The minimum atomic E-state index is -0.627. The van der Waals surface area contributed by atoms with E-state index in [2.05, 4.69) is 0 Å². The van der Waals surface area contributed by atoms with E-state index < -0.39 is 17.7 Å². The highest BCUT2D eigenvalue weighted by atomic mass is 35.5. The molecule has 1 aromatic rings. The number of amides is 1. The Kier molecular flexibility index (Phi) is 4.88. The summed E-state index contributed by atoms with van der Waals surface area (Å²) in [5, 5.41) is 10.6. The van der Waals surface area contributed by atoms with E-state index in [4.69, 9.17) is 11.6 Å². The fraction of sp³-hybridized carbons (Fsp3) is 0.375. The molecule has 0 unspecified atom stereocenters. The largest absolute Gasteiger partial charge is 0.503 e. The minimum absolute atomic E-state index is 0.117. The van der Waals surface area contributed by atoms with Crippen LogP contribution in [0, 0.1) is 0 Å². The van der Waals surface area contributed by atoms with Crippen LogP contribution in [-0.4, -0.2) is 48.9 Å². The molecular weight excluding hydrogens is 304 g/mol. The number of carbonyl (C=O) groups excluding carboxylic acids is 2. The molecule has 0 bridgehead atoms. The Morgan fingerprint density at radius 3 is 2.55 bits per heavy atom. The molecule has 0 aromatic heterocycles. The van der Waals surface area contributed by atoms with Crippen molar-refractivity contribution in [2.24, 2.45) is 0 Å². The molecule has 0 spiro atoms. The number of halogens is 1. The SMILES string of the molecule is CC(=O)C1=C(O)C(=O)N(CC[NH+](C)C)[C@H]1c1ccccc1Cl. The Hall–Kier alpha value is -1.85. The molecule has 1 heterocycles. The Labute approximate surface area is 134 Å². The van der Waals surface area contributed by atoms with Crippen LogP contribution in [-0.2, 0) is 9.59 Å². The molecule has 1 aliphatic rings. The second-order valence-electron chi connectivity index (χ2n) is 5.70. The molecule has 6 heteroatoms. The summed E-state index contributed by atoms with van der Waals surface area (Å²) >= 11 is 6.24. The number of rotatable bonds is 5. The van der Waals surface area contributed by atoms with Crippen molar-refractivity contribution in [1.82, 2.24) is 4.90 Å². The van der Waals surface area contributed by atoms with Crippen LogP contribution in [0.25, 0.3) is 0 Å². The monoisotopic (exact) mass is 323 g/mol. The maximum atomic E-state index is 12.3. The molecule has 0 saturated heterocycles. The third-order valence-corrected chi connectivity index (χ3v) is 4.08. The maximum Gasteiger partial charge on any atom is 0.290 e. The fourth-order valence-electron chi connectivity index (χ4n) is 2.61. The van der Waals surface area contributed by atoms with Gasteiger partial charge in [-0.05, 0) is 18.6 Å². The smallest absolute Gasteiger partial charge is 0.290 e. The number of hydrogen-bond donors (Lipinski definition) is 2. The maximum absolute atomic E-state index is 12.3. The topological polar surface area (TPSA) is 62.0 Å². The van der Waals surface area contributed by atoms with E-state index in [0.717, 1.165) is 0 Å². The van der Waals surface area contributed by atoms with Gasteiger partial charge in [0, 0.05) is 5.02 Å². The predicted octanol–water partition coefficient (Wildman–Crippen LogP) is 0.769. The van der Waals surface area contributed by atoms with E-state index >= 15 is 0 Å². The van der Waals surface area contributed by atoms with Gasteiger partial charge in [-0.25, -0.2) is 0 Å². The average Bonchev–Trinajstić information content (AvgIpc) is 2.69. The second-order valence-corrected chi connectivity index (χ2v) is 6.11. The number of nitrogens with one attached hydrogen (secondary N) is 1. The number of likely N-dealkylation sites (N-methyl/N-ethyl adjacent to an activating group) is 1. The third kappa shape index (κ3) is 3.00. The van der Waals surface area contributed by atoms with Gasteiger partial charge >= 0.3 is 0 Å². The van der Waals surface area contributed by atoms with Gasteiger partial charge in [0.1, 0.15) is 0 Å². The Morgan fingerprint density at radius 1 is 1.36 bits per heavy atom. The van der Waals surface area contributed by atoms with Crippen LogP contribution in [0.4, 0.5) is 0 Å². The van der Waals surface area contributed by atoms with Crippen LogP contribution in [0.2, 0.25) is 5.02 Å². The summed E-state index contributed by atoms with van der Waals surface area (Å²) in [5.41, 5.74) is 0.771. The molecule has 2 rings (SSSR count). The third-order valence-electron chi connectivity index (χ3n) is 3.74. The van der Waals surface area contributed by atoms with Crippen molar-refractivity contribution in [2.45, 2.75) is 13.0 Å². The first-order valence-corrected chi connectivity index (χ1v) is 7.51. The number of aliphatic hydroxyl groups is 1. The van der Waals surface area contributed by atoms with Crippen LogP contribution in [0.15, 0.2) is 35.6 Å². The normalized spacial score (nSPS) is 18.5. The standard InChI is InChI=1S/C16H19ClN2O3/c1-10(20)13-14(11-6-4-5-7-12(11)17)19(9-8-18(2)3)16(22)15(13)21/h4-7,14,21H,8-9H2,1-3H3/p+1/t14-/m0/s1. The molecule has 22 heavy (non-hydrogen) atoms. The first-order valence-electron chi connectivity index (χ1n) is 7.13. The molecule has 0 radical (unpaired) electrons. The predicted molar refractivity (Wildman–Crippen MR) is 83.9 cm³/mol. The molecule has 0 aliphatic carbocycles. The van der Waals surface area contributed by atoms with Gasteiger partial charge in [0.25, 0.3) is 5.91 Å². The Balaban J connectivity index is 2.48. The minimum Gasteiger partial charge on any atom is -0.503 e. The number of nitrogens with zero attached hydrogens (tertiary/aromatic N) is 1. The number of benzene rings is 1. The molecule has 1 aromatic carbocycles. The van der Waals surface area contributed by atoms with E-state index in [0.29, 0.717) is 23.7 Å². The van der Waals surface area contributed by atoms with E-state index in [1.807, 2.05) is 14.1 Å². The van der Waals surface area contributed by atoms with Gasteiger partial charge in [0.15, 0.2) is 11.5 Å². The number of aliphatic hydroxyl groups excluding tert-OH is 1. The summed E-state index contributed by atoms with van der Waals surface area (Å²) in [6.45, 7) is 2.48. The number of quaternary nitrogens is 1. The van der Waals surface area contributed by atoms with Crippen molar-refractivity contribution in [3.8, 4) is 0 Å². The van der Waals surface area contributed by atoms with Crippen LogP contribution in [0.1, 0.15) is 18.5 Å². The Bertz CT molecular complexity index is 640. The second kappa shape index (κ2) is 6.50. The summed E-state index contributed by atoms with van der Waals surface area (Å²) in [6, 6.07) is 6.45. The average molecular weight is 324 g/mol. The van der Waals surface area contributed by atoms with Gasteiger partial charge < -0.3 is 14.9 Å².